The molecule has 0 spiro atoms. The third kappa shape index (κ3) is 39.3. The minimum absolute atomic E-state index is 0.0528. The fraction of sp³-hybridized carbons (Fsp3) is 0.957. The lowest BCUT2D eigenvalue weighted by atomic mass is 9.80. The van der Waals surface area contributed by atoms with Gasteiger partial charge in [0.25, 0.3) is 0 Å². The third-order valence-corrected chi connectivity index (χ3v) is 10.5. The van der Waals surface area contributed by atoms with E-state index >= 15 is 0 Å². The van der Waals surface area contributed by atoms with Crippen molar-refractivity contribution in [2.75, 3.05) is 239 Å². The quantitative estimate of drug-likeness (QED) is 0.0324. The van der Waals surface area contributed by atoms with Gasteiger partial charge >= 0.3 is 11.9 Å². The first-order chi connectivity index (χ1) is 34.8. The molecule has 1 aliphatic carbocycles. The van der Waals surface area contributed by atoms with E-state index in [9.17, 15) is 14.7 Å². The Balaban J connectivity index is 2.14. The summed E-state index contributed by atoms with van der Waals surface area (Å²) in [4.78, 5) is 26.5. The number of esters is 1. The lowest BCUT2D eigenvalue weighted by Gasteiger charge is -2.40. The van der Waals surface area contributed by atoms with Crippen molar-refractivity contribution in [1.82, 2.24) is 0 Å². The molecule has 1 fully saturated rings. The zero-order valence-corrected chi connectivity index (χ0v) is 43.0. The van der Waals surface area contributed by atoms with Gasteiger partial charge in [0.1, 0.15) is 0 Å². The molecular formula is C47H92N2O22. The van der Waals surface area contributed by atoms with Crippen molar-refractivity contribution < 1.29 is 105 Å². The van der Waals surface area contributed by atoms with Crippen LogP contribution in [0.5, 0.6) is 0 Å². The molecule has 1 saturated carbocycles. The number of carboxylic acid groups (broad SMARTS) is 1. The van der Waals surface area contributed by atoms with Crippen LogP contribution in [0.25, 0.3) is 0 Å². The summed E-state index contributed by atoms with van der Waals surface area (Å²) in [6.45, 7) is 13.6. The second-order valence-electron chi connectivity index (χ2n) is 15.9. The lowest BCUT2D eigenvalue weighted by molar-refractivity contribution is -0.187. The molecule has 71 heavy (non-hydrogen) atoms. The van der Waals surface area contributed by atoms with Gasteiger partial charge in [-0.1, -0.05) is 6.42 Å². The van der Waals surface area contributed by atoms with Crippen molar-refractivity contribution in [2.45, 2.75) is 50.3 Å². The number of carbonyl (C=O) groups is 2. The van der Waals surface area contributed by atoms with Crippen LogP contribution in [0.2, 0.25) is 0 Å². The van der Waals surface area contributed by atoms with Gasteiger partial charge in [-0.25, -0.2) is 0 Å². The van der Waals surface area contributed by atoms with E-state index in [1.54, 1.807) is 14.2 Å². The number of rotatable bonds is 57. The number of carboxylic acids is 1. The first kappa shape index (κ1) is 67.2. The molecular weight excluding hydrogens is 945 g/mol. The Bertz CT molecular complexity index is 1110. The molecule has 1 rings (SSSR count). The van der Waals surface area contributed by atoms with Crippen LogP contribution in [0, 0.1) is 5.41 Å². The highest BCUT2D eigenvalue weighted by molar-refractivity contribution is 5.99. The Labute approximate surface area is 421 Å². The molecule has 24 nitrogen and oxygen atoms in total. The van der Waals surface area contributed by atoms with Crippen LogP contribution >= 0.6 is 0 Å². The summed E-state index contributed by atoms with van der Waals surface area (Å²) in [6.07, 6.45) is 2.09. The van der Waals surface area contributed by atoms with Gasteiger partial charge in [-0.2, -0.15) is 0 Å². The predicted molar refractivity (Wildman–Crippen MR) is 256 cm³/mol. The SMILES string of the molecule is COCCOCCOCCOCCOCCOCCOCCOCCOCCC(CCOCCOCCOCCOCCOCCOCCOCCOCCOC)(C(=O)O)C(=O)O[C@@]1(N)CCCC[C@H]1N. The van der Waals surface area contributed by atoms with Crippen LogP contribution in [0.3, 0.4) is 0 Å². The fourth-order valence-corrected chi connectivity index (χ4v) is 6.28. The van der Waals surface area contributed by atoms with Crippen LogP contribution in [-0.2, 0) is 99.6 Å². The molecule has 5 N–H and O–H groups in total. The summed E-state index contributed by atoms with van der Waals surface area (Å²) in [5.74, 6) is -2.33. The summed E-state index contributed by atoms with van der Waals surface area (Å²) >= 11 is 0. The average molecular weight is 1040 g/mol. The smallest absolute Gasteiger partial charge is 0.325 e. The van der Waals surface area contributed by atoms with Gasteiger partial charge in [0.05, 0.1) is 217 Å². The molecule has 0 aromatic rings. The van der Waals surface area contributed by atoms with E-state index in [0.717, 1.165) is 6.42 Å². The maximum atomic E-state index is 13.7. The number of nitrogens with two attached hydrogens (primary N) is 2. The van der Waals surface area contributed by atoms with E-state index in [4.69, 9.17) is 101 Å². The number of hydrogen-bond donors (Lipinski definition) is 3. The molecule has 0 heterocycles. The Kier molecular flexibility index (Phi) is 47.6. The van der Waals surface area contributed by atoms with E-state index in [1.165, 1.54) is 0 Å². The molecule has 0 aromatic heterocycles. The van der Waals surface area contributed by atoms with Crippen LogP contribution in [0.4, 0.5) is 0 Å². The Morgan fingerprint density at radius 3 is 0.845 bits per heavy atom. The highest BCUT2D eigenvalue weighted by atomic mass is 16.6. The van der Waals surface area contributed by atoms with Gasteiger partial charge in [0, 0.05) is 33.9 Å². The maximum absolute atomic E-state index is 13.7. The molecule has 1 aliphatic rings. The Morgan fingerprint density at radius 1 is 0.408 bits per heavy atom. The van der Waals surface area contributed by atoms with Crippen molar-refractivity contribution in [3.05, 3.63) is 0 Å². The Morgan fingerprint density at radius 2 is 0.634 bits per heavy atom. The second-order valence-corrected chi connectivity index (χ2v) is 15.9. The fourth-order valence-electron chi connectivity index (χ4n) is 6.28. The minimum atomic E-state index is -1.98. The molecule has 24 heteroatoms. The van der Waals surface area contributed by atoms with Crippen molar-refractivity contribution in [3.63, 3.8) is 0 Å². The molecule has 422 valence electrons. The molecule has 0 bridgehead atoms. The molecule has 0 radical (unpaired) electrons. The van der Waals surface area contributed by atoms with Crippen LogP contribution in [-0.4, -0.2) is 268 Å². The largest absolute Gasteiger partial charge is 0.480 e. The summed E-state index contributed by atoms with van der Waals surface area (Å²) in [7, 11) is 3.26. The van der Waals surface area contributed by atoms with Gasteiger partial charge in [0.15, 0.2) is 11.1 Å². The van der Waals surface area contributed by atoms with Crippen LogP contribution in [0.1, 0.15) is 38.5 Å². The summed E-state index contributed by atoms with van der Waals surface area (Å²) in [5.41, 5.74) is 9.21. The maximum Gasteiger partial charge on any atom is 0.325 e. The van der Waals surface area contributed by atoms with Gasteiger partial charge in [0.2, 0.25) is 0 Å². The number of methoxy groups -OCH3 is 2. The first-order valence-electron chi connectivity index (χ1n) is 25.1. The second kappa shape index (κ2) is 50.3. The summed E-state index contributed by atoms with van der Waals surface area (Å²) < 4.78 is 103. The number of hydrogen-bond acceptors (Lipinski definition) is 23. The van der Waals surface area contributed by atoms with Crippen LogP contribution in [0.15, 0.2) is 0 Å². The number of aliphatic carboxylic acids is 1. The molecule has 0 aliphatic heterocycles. The van der Waals surface area contributed by atoms with E-state index in [0.29, 0.717) is 204 Å². The molecule has 2 atom stereocenters. The van der Waals surface area contributed by atoms with Gasteiger partial charge in [-0.05, 0) is 25.7 Å². The molecule has 0 unspecified atom stereocenters. The summed E-state index contributed by atoms with van der Waals surface area (Å²) in [5, 5.41) is 10.4. The minimum Gasteiger partial charge on any atom is -0.480 e. The first-order valence-corrected chi connectivity index (χ1v) is 25.1. The average Bonchev–Trinajstić information content (AvgIpc) is 3.36. The van der Waals surface area contributed by atoms with E-state index in [2.05, 4.69) is 0 Å². The predicted octanol–water partition coefficient (Wildman–Crippen LogP) is 0.495. The van der Waals surface area contributed by atoms with Crippen molar-refractivity contribution in [2.24, 2.45) is 16.9 Å². The van der Waals surface area contributed by atoms with Crippen LogP contribution < -0.4 is 11.5 Å². The van der Waals surface area contributed by atoms with Gasteiger partial charge in [-0.15, -0.1) is 0 Å². The highest BCUT2D eigenvalue weighted by Gasteiger charge is 2.51. The molecule has 0 amide bonds. The monoisotopic (exact) mass is 1040 g/mol. The number of ether oxygens (including phenoxy) is 19. The van der Waals surface area contributed by atoms with Crippen molar-refractivity contribution in [3.8, 4) is 0 Å². The molecule has 0 saturated heterocycles. The zero-order chi connectivity index (χ0) is 51.5. The zero-order valence-electron chi connectivity index (χ0n) is 43.0. The van der Waals surface area contributed by atoms with Gasteiger partial charge in [-0.3, -0.25) is 15.3 Å². The lowest BCUT2D eigenvalue weighted by Crippen LogP contribution is -2.61. The third-order valence-electron chi connectivity index (χ3n) is 10.5. The summed E-state index contributed by atoms with van der Waals surface area (Å²) in [6, 6.07) is -0.616. The normalized spacial score (nSPS) is 16.3. The molecule has 0 aromatic carbocycles. The van der Waals surface area contributed by atoms with E-state index < -0.39 is 29.1 Å². The van der Waals surface area contributed by atoms with Crippen molar-refractivity contribution in [1.29, 1.82) is 0 Å². The van der Waals surface area contributed by atoms with Crippen molar-refractivity contribution >= 4 is 11.9 Å². The standard InChI is InChI=1S/C47H92N2O22/c1-53-11-13-57-19-21-61-27-29-65-35-37-69-41-39-67-33-31-63-25-23-59-17-15-55-9-7-46(44(50)51,45(52)71-47(49)6-4-3-5-43(47)48)8-10-56-16-18-60-24-26-64-32-34-68-40-42-70-38-36-66-30-28-62-22-20-58-14-12-54-2/h43H,3-42,48-49H2,1-2H3,(H,50,51)/t43-,47+/m1/s1. The van der Waals surface area contributed by atoms with Gasteiger partial charge < -0.3 is 101 Å². The Hall–Kier alpha value is -1.86. The van der Waals surface area contributed by atoms with E-state index in [1.807, 2.05) is 0 Å². The highest BCUT2D eigenvalue weighted by Crippen LogP contribution is 2.34. The number of carbonyl (C=O) groups excluding carboxylic acids is 1. The topological polar surface area (TPSA) is 282 Å². The van der Waals surface area contributed by atoms with E-state index in [-0.39, 0.29) is 52.5 Å².